The fourth-order valence-corrected chi connectivity index (χ4v) is 2.21. The third kappa shape index (κ3) is 2.67. The zero-order chi connectivity index (χ0) is 14.0. The number of benzene rings is 1. The van der Waals surface area contributed by atoms with Gasteiger partial charge in [-0.25, -0.2) is 0 Å². The average molecular weight is 257 g/mol. The van der Waals surface area contributed by atoms with E-state index < -0.39 is 0 Å². The maximum absolute atomic E-state index is 12.3. The molecule has 1 N–H and O–H groups in total. The Morgan fingerprint density at radius 1 is 1.37 bits per heavy atom. The number of hydrogen-bond donors (Lipinski definition) is 1. The molecular formula is C15H19N3O. The van der Waals surface area contributed by atoms with E-state index in [1.807, 2.05) is 39.1 Å². The van der Waals surface area contributed by atoms with Crippen LogP contribution in [0.25, 0.3) is 0 Å². The molecule has 0 aliphatic carbocycles. The number of para-hydroxylation sites is 1. The van der Waals surface area contributed by atoms with E-state index in [9.17, 15) is 4.79 Å². The molecule has 1 aromatic carbocycles. The summed E-state index contributed by atoms with van der Waals surface area (Å²) >= 11 is 0. The van der Waals surface area contributed by atoms with Crippen molar-refractivity contribution < 1.29 is 4.79 Å². The molecule has 0 atom stereocenters. The number of aryl methyl sites for hydroxylation is 4. The van der Waals surface area contributed by atoms with E-state index in [0.29, 0.717) is 5.56 Å². The molecule has 0 spiro atoms. The lowest BCUT2D eigenvalue weighted by atomic mass is 10.1. The van der Waals surface area contributed by atoms with Crippen molar-refractivity contribution in [2.24, 2.45) is 7.05 Å². The zero-order valence-electron chi connectivity index (χ0n) is 11.8. The Labute approximate surface area is 113 Å². The number of carbonyl (C=O) groups excluding carboxylic acids is 1. The van der Waals surface area contributed by atoms with Crippen LogP contribution in [-0.2, 0) is 13.5 Å². The molecule has 0 saturated carbocycles. The number of nitrogens with one attached hydrogen (secondary N) is 1. The number of amides is 1. The lowest BCUT2D eigenvalue weighted by molar-refractivity contribution is 0.102. The van der Waals surface area contributed by atoms with Crippen molar-refractivity contribution in [3.05, 3.63) is 46.8 Å². The van der Waals surface area contributed by atoms with Gasteiger partial charge in [0.1, 0.15) is 0 Å². The fourth-order valence-electron chi connectivity index (χ4n) is 2.21. The molecule has 0 unspecified atom stereocenters. The third-order valence-corrected chi connectivity index (χ3v) is 3.24. The van der Waals surface area contributed by atoms with E-state index in [0.717, 1.165) is 28.9 Å². The largest absolute Gasteiger partial charge is 0.321 e. The first-order valence-corrected chi connectivity index (χ1v) is 6.43. The van der Waals surface area contributed by atoms with Crippen LogP contribution in [0.1, 0.15) is 34.1 Å². The first kappa shape index (κ1) is 13.3. The van der Waals surface area contributed by atoms with E-state index >= 15 is 0 Å². The van der Waals surface area contributed by atoms with Crippen LogP contribution in [0.5, 0.6) is 0 Å². The topological polar surface area (TPSA) is 46.9 Å². The Morgan fingerprint density at radius 2 is 2.11 bits per heavy atom. The smallest absolute Gasteiger partial charge is 0.259 e. The number of carbonyl (C=O) groups is 1. The Kier molecular flexibility index (Phi) is 3.69. The molecule has 0 radical (unpaired) electrons. The Bertz CT molecular complexity index is 614. The summed E-state index contributed by atoms with van der Waals surface area (Å²) < 4.78 is 1.66. The van der Waals surface area contributed by atoms with Gasteiger partial charge in [0, 0.05) is 18.9 Å². The number of hydrogen-bond acceptors (Lipinski definition) is 2. The summed E-state index contributed by atoms with van der Waals surface area (Å²) in [5, 5.41) is 7.20. The van der Waals surface area contributed by atoms with Crippen molar-refractivity contribution in [2.45, 2.75) is 27.2 Å². The highest BCUT2D eigenvalue weighted by atomic mass is 16.1. The van der Waals surface area contributed by atoms with Gasteiger partial charge in [-0.1, -0.05) is 25.1 Å². The van der Waals surface area contributed by atoms with Gasteiger partial charge < -0.3 is 5.32 Å². The summed E-state index contributed by atoms with van der Waals surface area (Å²) in [4.78, 5) is 12.3. The van der Waals surface area contributed by atoms with Gasteiger partial charge in [-0.05, 0) is 31.4 Å². The molecule has 2 aromatic rings. The first-order valence-electron chi connectivity index (χ1n) is 6.43. The molecule has 2 rings (SSSR count). The van der Waals surface area contributed by atoms with Crippen molar-refractivity contribution in [3.63, 3.8) is 0 Å². The van der Waals surface area contributed by atoms with Gasteiger partial charge in [0.2, 0.25) is 0 Å². The molecule has 0 fully saturated rings. The predicted octanol–water partition coefficient (Wildman–Crippen LogP) is 2.85. The van der Waals surface area contributed by atoms with Crippen LogP contribution < -0.4 is 5.32 Å². The summed E-state index contributed by atoms with van der Waals surface area (Å²) in [6.07, 6.45) is 2.64. The molecule has 0 saturated heterocycles. The van der Waals surface area contributed by atoms with E-state index in [1.165, 1.54) is 0 Å². The number of nitrogens with zero attached hydrogens (tertiary/aromatic N) is 2. The van der Waals surface area contributed by atoms with Gasteiger partial charge >= 0.3 is 0 Å². The molecule has 1 aromatic heterocycles. The molecule has 0 aliphatic heterocycles. The summed E-state index contributed by atoms with van der Waals surface area (Å²) in [7, 11) is 1.81. The van der Waals surface area contributed by atoms with Gasteiger partial charge in [0.15, 0.2) is 0 Å². The molecule has 1 heterocycles. The van der Waals surface area contributed by atoms with Crippen LogP contribution in [0.15, 0.2) is 24.4 Å². The zero-order valence-corrected chi connectivity index (χ0v) is 11.8. The quantitative estimate of drug-likeness (QED) is 0.919. The van der Waals surface area contributed by atoms with Crippen molar-refractivity contribution in [2.75, 3.05) is 5.32 Å². The number of rotatable bonds is 3. The van der Waals surface area contributed by atoms with Crippen molar-refractivity contribution in [3.8, 4) is 0 Å². The minimum absolute atomic E-state index is 0.102. The van der Waals surface area contributed by atoms with Gasteiger partial charge in [-0.3, -0.25) is 9.48 Å². The van der Waals surface area contributed by atoms with Crippen molar-refractivity contribution >= 4 is 11.6 Å². The van der Waals surface area contributed by atoms with Crippen LogP contribution in [-0.4, -0.2) is 15.7 Å². The van der Waals surface area contributed by atoms with E-state index in [2.05, 4.69) is 17.3 Å². The number of anilines is 1. The highest BCUT2D eigenvalue weighted by molar-refractivity contribution is 6.05. The van der Waals surface area contributed by atoms with Crippen LogP contribution >= 0.6 is 0 Å². The van der Waals surface area contributed by atoms with Gasteiger partial charge in [-0.15, -0.1) is 0 Å². The molecule has 4 heteroatoms. The second kappa shape index (κ2) is 5.26. The molecule has 1 amide bonds. The van der Waals surface area contributed by atoms with Crippen molar-refractivity contribution in [1.29, 1.82) is 0 Å². The summed E-state index contributed by atoms with van der Waals surface area (Å²) in [5.41, 5.74) is 4.50. The first-order chi connectivity index (χ1) is 9.02. The average Bonchev–Trinajstić information content (AvgIpc) is 2.71. The highest BCUT2D eigenvalue weighted by Crippen LogP contribution is 2.22. The lowest BCUT2D eigenvalue weighted by Crippen LogP contribution is -2.14. The molecule has 0 aliphatic rings. The fraction of sp³-hybridized carbons (Fsp3) is 0.333. The Hall–Kier alpha value is -2.10. The second-order valence-electron chi connectivity index (χ2n) is 4.72. The van der Waals surface area contributed by atoms with Crippen LogP contribution in [0.2, 0.25) is 0 Å². The molecule has 19 heavy (non-hydrogen) atoms. The van der Waals surface area contributed by atoms with Crippen LogP contribution in [0.3, 0.4) is 0 Å². The van der Waals surface area contributed by atoms with Gasteiger partial charge in [-0.2, -0.15) is 5.10 Å². The van der Waals surface area contributed by atoms with E-state index in [4.69, 9.17) is 0 Å². The molecule has 100 valence electrons. The third-order valence-electron chi connectivity index (χ3n) is 3.24. The van der Waals surface area contributed by atoms with E-state index in [1.54, 1.807) is 10.9 Å². The molecule has 4 nitrogen and oxygen atoms in total. The SMILES string of the molecule is CCc1cccc(C)c1NC(=O)c1cn(C)nc1C. The minimum Gasteiger partial charge on any atom is -0.321 e. The van der Waals surface area contributed by atoms with Crippen LogP contribution in [0, 0.1) is 13.8 Å². The lowest BCUT2D eigenvalue weighted by Gasteiger charge is -2.12. The maximum Gasteiger partial charge on any atom is 0.259 e. The molecular weight excluding hydrogens is 238 g/mol. The van der Waals surface area contributed by atoms with E-state index in [-0.39, 0.29) is 5.91 Å². The maximum atomic E-state index is 12.3. The molecule has 0 bridgehead atoms. The Balaban J connectivity index is 2.31. The predicted molar refractivity (Wildman–Crippen MR) is 76.5 cm³/mol. The summed E-state index contributed by atoms with van der Waals surface area (Å²) in [5.74, 6) is -0.102. The van der Waals surface area contributed by atoms with Crippen LogP contribution in [0.4, 0.5) is 5.69 Å². The standard InChI is InChI=1S/C15H19N3O/c1-5-12-8-6-7-10(2)14(12)16-15(19)13-9-18(4)17-11(13)3/h6-9H,5H2,1-4H3,(H,16,19). The minimum atomic E-state index is -0.102. The summed E-state index contributed by atoms with van der Waals surface area (Å²) in [6.45, 7) is 5.93. The Morgan fingerprint density at radius 3 is 2.68 bits per heavy atom. The normalized spacial score (nSPS) is 10.5. The van der Waals surface area contributed by atoms with Gasteiger partial charge in [0.05, 0.1) is 11.3 Å². The monoisotopic (exact) mass is 257 g/mol. The number of aromatic nitrogens is 2. The van der Waals surface area contributed by atoms with Gasteiger partial charge in [0.25, 0.3) is 5.91 Å². The van der Waals surface area contributed by atoms with Crippen molar-refractivity contribution in [1.82, 2.24) is 9.78 Å². The highest BCUT2D eigenvalue weighted by Gasteiger charge is 2.14. The second-order valence-corrected chi connectivity index (χ2v) is 4.72. The summed E-state index contributed by atoms with van der Waals surface area (Å²) in [6, 6.07) is 6.06.